The highest BCUT2D eigenvalue weighted by Gasteiger charge is 2.36. The Bertz CT molecular complexity index is 873. The minimum absolute atomic E-state index is 0.0186. The number of rotatable bonds is 7. The molecule has 2 unspecified atom stereocenters. The van der Waals surface area contributed by atoms with Crippen molar-refractivity contribution in [3.63, 3.8) is 0 Å². The Labute approximate surface area is 183 Å². The number of Topliss-reactive ketones (excluding diaryl/α,β-unsaturated/α-hetero) is 1. The van der Waals surface area contributed by atoms with Crippen LogP contribution in [0.15, 0.2) is 53.6 Å². The highest BCUT2D eigenvalue weighted by atomic mass is 35.5. The number of benzene rings is 2. The average Bonchev–Trinajstić information content (AvgIpc) is 3.12. The Kier molecular flexibility index (Phi) is 7.02. The van der Waals surface area contributed by atoms with E-state index in [1.807, 2.05) is 50.2 Å². The van der Waals surface area contributed by atoms with Gasteiger partial charge in [0.05, 0.1) is 12.1 Å². The number of halogens is 2. The van der Waals surface area contributed by atoms with E-state index in [0.29, 0.717) is 22.4 Å². The molecular formula is C24H28Cl2N2O. The molecule has 1 aliphatic heterocycles. The van der Waals surface area contributed by atoms with Gasteiger partial charge in [0.25, 0.3) is 0 Å². The van der Waals surface area contributed by atoms with Gasteiger partial charge in [0.1, 0.15) is 5.78 Å². The summed E-state index contributed by atoms with van der Waals surface area (Å²) in [4.78, 5) is 12.7. The first-order valence-electron chi connectivity index (χ1n) is 10.2. The van der Waals surface area contributed by atoms with Crippen LogP contribution in [0.25, 0.3) is 0 Å². The smallest absolute Gasteiger partial charge is 0.137 e. The standard InChI is InChI=1S/C24H28Cl2N2O/c1-15(2)21-13-22(17-5-9-19(25)10-6-17)28(27-21)23(14-24(29)16(3)4)18-7-11-20(26)12-8-18/h5-12,15-16,22-23H,13-14H2,1-4H3. The van der Waals surface area contributed by atoms with Gasteiger partial charge in [0.15, 0.2) is 0 Å². The van der Waals surface area contributed by atoms with Crippen LogP contribution in [-0.4, -0.2) is 16.5 Å². The zero-order chi connectivity index (χ0) is 21.1. The van der Waals surface area contributed by atoms with Crippen molar-refractivity contribution in [2.45, 2.75) is 52.6 Å². The molecule has 0 N–H and O–H groups in total. The molecule has 154 valence electrons. The van der Waals surface area contributed by atoms with Crippen LogP contribution in [0.5, 0.6) is 0 Å². The van der Waals surface area contributed by atoms with E-state index in [1.165, 1.54) is 0 Å². The normalized spacial score (nSPS) is 17.7. The summed E-state index contributed by atoms with van der Waals surface area (Å²) in [6.45, 7) is 8.23. The zero-order valence-electron chi connectivity index (χ0n) is 17.4. The Morgan fingerprint density at radius 3 is 2.07 bits per heavy atom. The highest BCUT2D eigenvalue weighted by molar-refractivity contribution is 6.30. The Morgan fingerprint density at radius 1 is 1.00 bits per heavy atom. The molecule has 0 radical (unpaired) electrons. The second kappa shape index (κ2) is 9.32. The first kappa shape index (κ1) is 21.9. The van der Waals surface area contributed by atoms with Crippen LogP contribution in [0.1, 0.15) is 63.7 Å². The van der Waals surface area contributed by atoms with Crippen LogP contribution in [-0.2, 0) is 4.79 Å². The van der Waals surface area contributed by atoms with Gasteiger partial charge in [-0.25, -0.2) is 0 Å². The lowest BCUT2D eigenvalue weighted by molar-refractivity contribution is -0.123. The topological polar surface area (TPSA) is 32.7 Å². The van der Waals surface area contributed by atoms with E-state index < -0.39 is 0 Å². The van der Waals surface area contributed by atoms with Gasteiger partial charge in [-0.05, 0) is 41.3 Å². The molecule has 2 atom stereocenters. The van der Waals surface area contributed by atoms with Crippen LogP contribution in [0.4, 0.5) is 0 Å². The molecule has 5 heteroatoms. The molecule has 1 aliphatic rings. The van der Waals surface area contributed by atoms with Gasteiger partial charge in [0, 0.05) is 34.5 Å². The maximum absolute atomic E-state index is 12.7. The predicted octanol–water partition coefficient (Wildman–Crippen LogP) is 7.11. The number of nitrogens with zero attached hydrogens (tertiary/aromatic N) is 2. The summed E-state index contributed by atoms with van der Waals surface area (Å²) in [6.07, 6.45) is 1.26. The number of hydrazone groups is 1. The molecular weight excluding hydrogens is 403 g/mol. The molecule has 0 saturated heterocycles. The van der Waals surface area contributed by atoms with Crippen molar-refractivity contribution in [3.8, 4) is 0 Å². The molecule has 2 aromatic carbocycles. The summed E-state index contributed by atoms with van der Waals surface area (Å²) in [5.41, 5.74) is 3.36. The van der Waals surface area contributed by atoms with E-state index in [9.17, 15) is 4.79 Å². The van der Waals surface area contributed by atoms with E-state index >= 15 is 0 Å². The van der Waals surface area contributed by atoms with Gasteiger partial charge in [-0.1, -0.05) is 75.2 Å². The molecule has 0 aliphatic carbocycles. The van der Waals surface area contributed by atoms with E-state index in [-0.39, 0.29) is 23.8 Å². The third kappa shape index (κ3) is 5.21. The van der Waals surface area contributed by atoms with Crippen LogP contribution in [0, 0.1) is 11.8 Å². The first-order chi connectivity index (χ1) is 13.8. The molecule has 2 aromatic rings. The number of carbonyl (C=O) groups excluding carboxylic acids is 1. The van der Waals surface area contributed by atoms with Crippen molar-refractivity contribution in [2.24, 2.45) is 16.9 Å². The predicted molar refractivity (Wildman–Crippen MR) is 122 cm³/mol. The Morgan fingerprint density at radius 2 is 1.55 bits per heavy atom. The minimum atomic E-state index is -0.140. The van der Waals surface area contributed by atoms with Crippen LogP contribution < -0.4 is 0 Å². The van der Waals surface area contributed by atoms with Crippen molar-refractivity contribution in [3.05, 3.63) is 69.7 Å². The minimum Gasteiger partial charge on any atom is -0.299 e. The monoisotopic (exact) mass is 430 g/mol. The zero-order valence-corrected chi connectivity index (χ0v) is 18.9. The second-order valence-electron chi connectivity index (χ2n) is 8.29. The molecule has 3 nitrogen and oxygen atoms in total. The summed E-state index contributed by atoms with van der Waals surface area (Å²) in [7, 11) is 0. The Balaban J connectivity index is 2.03. The molecule has 0 saturated carbocycles. The van der Waals surface area contributed by atoms with Gasteiger partial charge < -0.3 is 0 Å². The number of hydrogen-bond donors (Lipinski definition) is 0. The molecule has 0 amide bonds. The third-order valence-electron chi connectivity index (χ3n) is 5.50. The van der Waals surface area contributed by atoms with Crippen molar-refractivity contribution < 1.29 is 4.79 Å². The van der Waals surface area contributed by atoms with Crippen LogP contribution in [0.2, 0.25) is 10.0 Å². The largest absolute Gasteiger partial charge is 0.299 e. The highest BCUT2D eigenvalue weighted by Crippen LogP contribution is 2.41. The fourth-order valence-corrected chi connectivity index (χ4v) is 3.87. The lowest BCUT2D eigenvalue weighted by Gasteiger charge is -2.33. The maximum Gasteiger partial charge on any atom is 0.137 e. The molecule has 3 rings (SSSR count). The van der Waals surface area contributed by atoms with E-state index in [1.54, 1.807) is 0 Å². The number of ketones is 1. The van der Waals surface area contributed by atoms with Gasteiger partial charge in [-0.2, -0.15) is 5.10 Å². The van der Waals surface area contributed by atoms with Crippen molar-refractivity contribution in [2.75, 3.05) is 0 Å². The Hall–Kier alpha value is -1.84. The fraction of sp³-hybridized carbons (Fsp3) is 0.417. The molecule has 1 heterocycles. The molecule has 29 heavy (non-hydrogen) atoms. The van der Waals surface area contributed by atoms with Gasteiger partial charge in [-0.3, -0.25) is 9.80 Å². The van der Waals surface area contributed by atoms with Crippen molar-refractivity contribution >= 4 is 34.7 Å². The van der Waals surface area contributed by atoms with Gasteiger partial charge >= 0.3 is 0 Å². The van der Waals surface area contributed by atoms with Gasteiger partial charge in [0.2, 0.25) is 0 Å². The molecule has 0 aromatic heterocycles. The second-order valence-corrected chi connectivity index (χ2v) is 9.16. The van der Waals surface area contributed by atoms with E-state index in [2.05, 4.69) is 31.0 Å². The van der Waals surface area contributed by atoms with Gasteiger partial charge in [-0.15, -0.1) is 0 Å². The molecule has 0 bridgehead atoms. The summed E-state index contributed by atoms with van der Waals surface area (Å²) >= 11 is 12.2. The maximum atomic E-state index is 12.7. The van der Waals surface area contributed by atoms with Crippen LogP contribution in [0.3, 0.4) is 0 Å². The summed E-state index contributed by atoms with van der Waals surface area (Å²) in [5.74, 6) is 0.560. The third-order valence-corrected chi connectivity index (χ3v) is 6.00. The lowest BCUT2D eigenvalue weighted by atomic mass is 9.92. The number of hydrogen-bond acceptors (Lipinski definition) is 3. The first-order valence-corrected chi connectivity index (χ1v) is 10.9. The lowest BCUT2D eigenvalue weighted by Crippen LogP contribution is -2.28. The van der Waals surface area contributed by atoms with E-state index in [4.69, 9.17) is 28.3 Å². The summed E-state index contributed by atoms with van der Waals surface area (Å²) in [5, 5.41) is 8.54. The SMILES string of the molecule is CC(C)C(=O)CC(c1ccc(Cl)cc1)N1N=C(C(C)C)CC1c1ccc(Cl)cc1. The number of carbonyl (C=O) groups is 1. The average molecular weight is 431 g/mol. The van der Waals surface area contributed by atoms with Crippen molar-refractivity contribution in [1.29, 1.82) is 0 Å². The summed E-state index contributed by atoms with van der Waals surface area (Å²) in [6, 6.07) is 15.6. The van der Waals surface area contributed by atoms with Crippen molar-refractivity contribution in [1.82, 2.24) is 5.01 Å². The molecule has 0 fully saturated rings. The van der Waals surface area contributed by atoms with Crippen LogP contribution >= 0.6 is 23.2 Å². The fourth-order valence-electron chi connectivity index (χ4n) is 3.62. The molecule has 0 spiro atoms. The quantitative estimate of drug-likeness (QED) is 0.468. The summed E-state index contributed by atoms with van der Waals surface area (Å²) < 4.78 is 0. The van der Waals surface area contributed by atoms with E-state index in [0.717, 1.165) is 23.3 Å².